The molecule has 0 bridgehead atoms. The summed E-state index contributed by atoms with van der Waals surface area (Å²) in [5.74, 6) is 0.787. The third kappa shape index (κ3) is 4.17. The first kappa shape index (κ1) is 16.2. The second-order valence-electron chi connectivity index (χ2n) is 7.57. The first-order chi connectivity index (χ1) is 9.40. The van der Waals surface area contributed by atoms with Gasteiger partial charge < -0.3 is 15.5 Å². The zero-order chi connectivity index (χ0) is 14.8. The zero-order valence-corrected chi connectivity index (χ0v) is 13.3. The smallest absolute Gasteiger partial charge is 0.0938 e. The van der Waals surface area contributed by atoms with E-state index in [9.17, 15) is 10.2 Å². The van der Waals surface area contributed by atoms with Gasteiger partial charge in [0.05, 0.1) is 12.2 Å². The molecule has 0 aromatic carbocycles. The van der Waals surface area contributed by atoms with Gasteiger partial charge in [-0.05, 0) is 24.2 Å². The lowest BCUT2D eigenvalue weighted by Gasteiger charge is -2.43. The number of aliphatic hydroxyl groups is 2. The Labute approximate surface area is 123 Å². The van der Waals surface area contributed by atoms with Gasteiger partial charge >= 0.3 is 0 Å². The van der Waals surface area contributed by atoms with Gasteiger partial charge in [0.15, 0.2) is 0 Å². The number of aliphatic hydroxyl groups excluding tert-OH is 2. The molecule has 4 unspecified atom stereocenters. The van der Waals surface area contributed by atoms with Crippen molar-refractivity contribution < 1.29 is 10.2 Å². The van der Waals surface area contributed by atoms with Crippen molar-refractivity contribution in [3.8, 4) is 0 Å². The molecule has 2 aliphatic rings. The summed E-state index contributed by atoms with van der Waals surface area (Å²) < 4.78 is 0. The van der Waals surface area contributed by atoms with Crippen LogP contribution in [0.25, 0.3) is 0 Å². The van der Waals surface area contributed by atoms with Crippen LogP contribution in [0.2, 0.25) is 0 Å². The quantitative estimate of drug-likeness (QED) is 0.710. The van der Waals surface area contributed by atoms with E-state index in [1.54, 1.807) is 0 Å². The number of hydrogen-bond donors (Lipinski definition) is 3. The number of hydrogen-bond acceptors (Lipinski definition) is 4. The van der Waals surface area contributed by atoms with Crippen LogP contribution < -0.4 is 5.32 Å². The van der Waals surface area contributed by atoms with Crippen LogP contribution in [-0.2, 0) is 0 Å². The number of nitrogens with zero attached hydrogens (tertiary/aromatic N) is 1. The highest BCUT2D eigenvalue weighted by Crippen LogP contribution is 2.40. The van der Waals surface area contributed by atoms with Crippen LogP contribution in [0.3, 0.4) is 0 Å². The van der Waals surface area contributed by atoms with E-state index in [2.05, 4.69) is 31.0 Å². The fourth-order valence-electron chi connectivity index (χ4n) is 4.00. The van der Waals surface area contributed by atoms with Gasteiger partial charge in [-0.1, -0.05) is 33.6 Å². The summed E-state index contributed by atoms with van der Waals surface area (Å²) >= 11 is 0. The van der Waals surface area contributed by atoms with Crippen molar-refractivity contribution in [1.29, 1.82) is 0 Å². The summed E-state index contributed by atoms with van der Waals surface area (Å²) in [6.45, 7) is 10.1. The van der Waals surface area contributed by atoms with Crippen LogP contribution in [0.1, 0.15) is 46.5 Å². The molecule has 20 heavy (non-hydrogen) atoms. The number of nitrogens with one attached hydrogen (secondary N) is 1. The van der Waals surface area contributed by atoms with Crippen molar-refractivity contribution in [3.05, 3.63) is 0 Å². The summed E-state index contributed by atoms with van der Waals surface area (Å²) in [7, 11) is 0. The molecule has 1 heterocycles. The highest BCUT2D eigenvalue weighted by Gasteiger charge is 2.39. The molecule has 0 spiro atoms. The molecule has 0 aromatic rings. The van der Waals surface area contributed by atoms with Gasteiger partial charge in [-0.15, -0.1) is 0 Å². The standard InChI is InChI=1S/C16H32N2O2/c1-12(2)17-10-16(6-4-5-13(3)7-16)11-18-8-14(19)15(20)9-18/h12-15,17,19-20H,4-11H2,1-3H3. The van der Waals surface area contributed by atoms with Gasteiger partial charge in [0.2, 0.25) is 0 Å². The largest absolute Gasteiger partial charge is 0.389 e. The first-order valence-electron chi connectivity index (χ1n) is 8.22. The molecule has 1 aliphatic carbocycles. The predicted octanol–water partition coefficient (Wildman–Crippen LogP) is 1.22. The number of likely N-dealkylation sites (tertiary alicyclic amines) is 1. The molecule has 1 saturated heterocycles. The summed E-state index contributed by atoms with van der Waals surface area (Å²) in [5, 5.41) is 23.1. The molecule has 0 aromatic heterocycles. The van der Waals surface area contributed by atoms with Crippen molar-refractivity contribution >= 4 is 0 Å². The summed E-state index contributed by atoms with van der Waals surface area (Å²) in [5.41, 5.74) is 0.311. The third-order valence-corrected chi connectivity index (χ3v) is 4.96. The van der Waals surface area contributed by atoms with E-state index < -0.39 is 12.2 Å². The van der Waals surface area contributed by atoms with Crippen LogP contribution in [0.15, 0.2) is 0 Å². The number of β-amino-alcohol motifs (C(OH)–C–C–N with tert-alkyl or cyclic N) is 2. The average Bonchev–Trinajstić information content (AvgIpc) is 2.65. The summed E-state index contributed by atoms with van der Waals surface area (Å²) in [6.07, 6.45) is 4.04. The van der Waals surface area contributed by atoms with E-state index in [4.69, 9.17) is 0 Å². The van der Waals surface area contributed by atoms with E-state index in [1.165, 1.54) is 25.7 Å². The van der Waals surface area contributed by atoms with Crippen LogP contribution >= 0.6 is 0 Å². The third-order valence-electron chi connectivity index (χ3n) is 4.96. The second-order valence-corrected chi connectivity index (χ2v) is 7.57. The van der Waals surface area contributed by atoms with Crippen LogP contribution in [0.5, 0.6) is 0 Å². The van der Waals surface area contributed by atoms with Crippen molar-refractivity contribution in [2.75, 3.05) is 26.2 Å². The van der Waals surface area contributed by atoms with Gasteiger partial charge in [0.25, 0.3) is 0 Å². The second kappa shape index (κ2) is 6.73. The molecule has 2 rings (SSSR count). The van der Waals surface area contributed by atoms with E-state index in [0.717, 1.165) is 19.0 Å². The van der Waals surface area contributed by atoms with Crippen molar-refractivity contribution in [2.24, 2.45) is 11.3 Å². The van der Waals surface area contributed by atoms with E-state index in [-0.39, 0.29) is 0 Å². The topological polar surface area (TPSA) is 55.7 Å². The van der Waals surface area contributed by atoms with Crippen LogP contribution in [0, 0.1) is 11.3 Å². The first-order valence-corrected chi connectivity index (χ1v) is 8.22. The Bertz CT molecular complexity index is 301. The monoisotopic (exact) mass is 284 g/mol. The Morgan fingerprint density at radius 1 is 1.25 bits per heavy atom. The van der Waals surface area contributed by atoms with Gasteiger partial charge in [0, 0.05) is 32.2 Å². The van der Waals surface area contributed by atoms with Gasteiger partial charge in [-0.25, -0.2) is 0 Å². The number of rotatable bonds is 5. The molecule has 2 fully saturated rings. The lowest BCUT2D eigenvalue weighted by Crippen LogP contribution is -2.47. The van der Waals surface area contributed by atoms with E-state index >= 15 is 0 Å². The normalized spacial score (nSPS) is 39.6. The minimum atomic E-state index is -0.564. The Hall–Kier alpha value is -0.160. The lowest BCUT2D eigenvalue weighted by molar-refractivity contribution is 0.0572. The van der Waals surface area contributed by atoms with Crippen LogP contribution in [0.4, 0.5) is 0 Å². The maximum Gasteiger partial charge on any atom is 0.0938 e. The molecular formula is C16H32N2O2. The lowest BCUT2D eigenvalue weighted by atomic mass is 9.69. The van der Waals surface area contributed by atoms with E-state index in [0.29, 0.717) is 24.5 Å². The Morgan fingerprint density at radius 3 is 2.45 bits per heavy atom. The van der Waals surface area contributed by atoms with E-state index in [1.807, 2.05) is 0 Å². The van der Waals surface area contributed by atoms with Gasteiger partial charge in [0.1, 0.15) is 0 Å². The fourth-order valence-corrected chi connectivity index (χ4v) is 4.00. The molecule has 4 heteroatoms. The van der Waals surface area contributed by atoms with Gasteiger partial charge in [-0.3, -0.25) is 4.90 Å². The Balaban J connectivity index is 1.98. The van der Waals surface area contributed by atoms with Crippen molar-refractivity contribution in [2.45, 2.75) is 64.7 Å². The van der Waals surface area contributed by atoms with Crippen LogP contribution in [-0.4, -0.2) is 59.5 Å². The SMILES string of the molecule is CC1CCCC(CNC(C)C)(CN2CC(O)C(O)C2)C1. The maximum absolute atomic E-state index is 9.74. The minimum Gasteiger partial charge on any atom is -0.389 e. The van der Waals surface area contributed by atoms with Crippen molar-refractivity contribution in [1.82, 2.24) is 10.2 Å². The fraction of sp³-hybridized carbons (Fsp3) is 1.00. The molecular weight excluding hydrogens is 252 g/mol. The molecule has 118 valence electrons. The Morgan fingerprint density at radius 2 is 1.90 bits per heavy atom. The maximum atomic E-state index is 9.74. The average molecular weight is 284 g/mol. The molecule has 1 aliphatic heterocycles. The minimum absolute atomic E-state index is 0.311. The molecule has 4 atom stereocenters. The zero-order valence-electron chi connectivity index (χ0n) is 13.3. The summed E-state index contributed by atoms with van der Waals surface area (Å²) in [6, 6.07) is 0.513. The molecule has 0 amide bonds. The van der Waals surface area contributed by atoms with Gasteiger partial charge in [-0.2, -0.15) is 0 Å². The molecule has 0 radical (unpaired) electrons. The molecule has 3 N–H and O–H groups in total. The molecule has 4 nitrogen and oxygen atoms in total. The highest BCUT2D eigenvalue weighted by molar-refractivity contribution is 4.93. The highest BCUT2D eigenvalue weighted by atomic mass is 16.3. The predicted molar refractivity (Wildman–Crippen MR) is 81.7 cm³/mol. The molecule has 1 saturated carbocycles. The Kier molecular flexibility index (Phi) is 5.46. The summed E-state index contributed by atoms with van der Waals surface area (Å²) in [4.78, 5) is 2.26. The van der Waals surface area contributed by atoms with Crippen molar-refractivity contribution in [3.63, 3.8) is 0 Å².